The molecule has 0 amide bonds. The summed E-state index contributed by atoms with van der Waals surface area (Å²) in [5.74, 6) is 1.22. The molecule has 0 fully saturated rings. The quantitative estimate of drug-likeness (QED) is 0.686. The van der Waals surface area contributed by atoms with Gasteiger partial charge in [0.05, 0.1) is 6.61 Å². The highest BCUT2D eigenvalue weighted by atomic mass is 35.5. The fourth-order valence-electron chi connectivity index (χ4n) is 0.893. The minimum Gasteiger partial charge on any atom is -0.494 e. The molecule has 0 radical (unpaired) electrons. The SMILES string of the molecule is CCOc1ccc(CCl)c(Cl)c1. The molecule has 12 heavy (non-hydrogen) atoms. The molecule has 0 bridgehead atoms. The first kappa shape index (κ1) is 9.69. The number of rotatable bonds is 3. The first-order chi connectivity index (χ1) is 5.77. The molecular formula is C9H10Cl2O. The normalized spacial score (nSPS) is 9.92. The standard InChI is InChI=1S/C9H10Cl2O/c1-2-12-8-4-3-7(6-10)9(11)5-8/h3-5H,2,6H2,1H3. The number of ether oxygens (including phenoxy) is 1. The average molecular weight is 205 g/mol. The summed E-state index contributed by atoms with van der Waals surface area (Å²) in [5, 5.41) is 0.663. The Labute approximate surface area is 82.2 Å². The van der Waals surface area contributed by atoms with Crippen molar-refractivity contribution in [3.05, 3.63) is 28.8 Å². The molecule has 0 aromatic heterocycles. The molecule has 3 heteroatoms. The van der Waals surface area contributed by atoms with Gasteiger partial charge in [0, 0.05) is 10.9 Å². The molecule has 66 valence electrons. The van der Waals surface area contributed by atoms with Crippen molar-refractivity contribution in [1.82, 2.24) is 0 Å². The van der Waals surface area contributed by atoms with Crippen molar-refractivity contribution in [3.8, 4) is 5.75 Å². The molecule has 0 aliphatic heterocycles. The third-order valence-electron chi connectivity index (χ3n) is 1.48. The molecule has 0 spiro atoms. The second-order valence-corrected chi connectivity index (χ2v) is 2.99. The second-order valence-electron chi connectivity index (χ2n) is 2.32. The molecule has 0 saturated carbocycles. The molecular weight excluding hydrogens is 195 g/mol. The molecule has 1 aromatic carbocycles. The minimum absolute atomic E-state index is 0.436. The van der Waals surface area contributed by atoms with Gasteiger partial charge >= 0.3 is 0 Å². The van der Waals surface area contributed by atoms with Crippen molar-refractivity contribution in [2.24, 2.45) is 0 Å². The van der Waals surface area contributed by atoms with Crippen molar-refractivity contribution in [2.75, 3.05) is 6.61 Å². The molecule has 0 atom stereocenters. The van der Waals surface area contributed by atoms with Gasteiger partial charge in [-0.1, -0.05) is 17.7 Å². The third kappa shape index (κ3) is 2.29. The van der Waals surface area contributed by atoms with Gasteiger partial charge in [0.1, 0.15) is 5.75 Å². The summed E-state index contributed by atoms with van der Waals surface area (Å²) in [4.78, 5) is 0. The Balaban J connectivity index is 2.86. The Morgan fingerprint density at radius 2 is 2.17 bits per heavy atom. The van der Waals surface area contributed by atoms with Crippen LogP contribution >= 0.6 is 23.2 Å². The molecule has 1 aromatic rings. The summed E-state index contributed by atoms with van der Waals surface area (Å²) in [6.07, 6.45) is 0. The lowest BCUT2D eigenvalue weighted by molar-refractivity contribution is 0.340. The number of alkyl halides is 1. The Bertz CT molecular complexity index is 261. The molecule has 0 unspecified atom stereocenters. The van der Waals surface area contributed by atoms with Crippen LogP contribution in [-0.4, -0.2) is 6.61 Å². The summed E-state index contributed by atoms with van der Waals surface area (Å²) in [7, 11) is 0. The minimum atomic E-state index is 0.436. The van der Waals surface area contributed by atoms with E-state index < -0.39 is 0 Å². The molecule has 0 aliphatic carbocycles. The Morgan fingerprint density at radius 1 is 1.42 bits per heavy atom. The maximum absolute atomic E-state index is 5.90. The summed E-state index contributed by atoms with van der Waals surface area (Å²) in [6, 6.07) is 5.52. The highest BCUT2D eigenvalue weighted by molar-refractivity contribution is 6.32. The fraction of sp³-hybridized carbons (Fsp3) is 0.333. The van der Waals surface area contributed by atoms with E-state index in [0.29, 0.717) is 17.5 Å². The van der Waals surface area contributed by atoms with Crippen LogP contribution in [0.25, 0.3) is 0 Å². The van der Waals surface area contributed by atoms with Crippen LogP contribution < -0.4 is 4.74 Å². The molecule has 0 N–H and O–H groups in total. The van der Waals surface area contributed by atoms with Crippen LogP contribution in [-0.2, 0) is 5.88 Å². The van der Waals surface area contributed by atoms with Crippen LogP contribution in [0, 0.1) is 0 Å². The van der Waals surface area contributed by atoms with E-state index in [1.54, 1.807) is 6.07 Å². The predicted molar refractivity (Wildman–Crippen MR) is 52.2 cm³/mol. The highest BCUT2D eigenvalue weighted by Gasteiger charge is 2.00. The van der Waals surface area contributed by atoms with Gasteiger partial charge in [0.2, 0.25) is 0 Å². The fourth-order valence-corrected chi connectivity index (χ4v) is 1.43. The van der Waals surface area contributed by atoms with Gasteiger partial charge in [-0.15, -0.1) is 11.6 Å². The first-order valence-electron chi connectivity index (χ1n) is 3.75. The van der Waals surface area contributed by atoms with Gasteiger partial charge in [-0.2, -0.15) is 0 Å². The van der Waals surface area contributed by atoms with Crippen molar-refractivity contribution in [2.45, 2.75) is 12.8 Å². The van der Waals surface area contributed by atoms with E-state index in [1.807, 2.05) is 19.1 Å². The number of hydrogen-bond donors (Lipinski definition) is 0. The molecule has 0 saturated heterocycles. The predicted octanol–water partition coefficient (Wildman–Crippen LogP) is 3.48. The van der Waals surface area contributed by atoms with Gasteiger partial charge in [-0.05, 0) is 24.6 Å². The summed E-state index contributed by atoms with van der Waals surface area (Å²) in [6.45, 7) is 2.58. The summed E-state index contributed by atoms with van der Waals surface area (Å²) >= 11 is 11.5. The molecule has 0 heterocycles. The first-order valence-corrected chi connectivity index (χ1v) is 4.66. The zero-order valence-electron chi connectivity index (χ0n) is 6.81. The zero-order chi connectivity index (χ0) is 8.97. The van der Waals surface area contributed by atoms with E-state index in [9.17, 15) is 0 Å². The summed E-state index contributed by atoms with van der Waals surface area (Å²) < 4.78 is 5.26. The van der Waals surface area contributed by atoms with Gasteiger partial charge in [-0.3, -0.25) is 0 Å². The lowest BCUT2D eigenvalue weighted by Crippen LogP contribution is -1.91. The van der Waals surface area contributed by atoms with Gasteiger partial charge < -0.3 is 4.74 Å². The van der Waals surface area contributed by atoms with Gasteiger partial charge in [-0.25, -0.2) is 0 Å². The van der Waals surface area contributed by atoms with Crippen molar-refractivity contribution >= 4 is 23.2 Å². The van der Waals surface area contributed by atoms with Crippen LogP contribution in [0.2, 0.25) is 5.02 Å². The third-order valence-corrected chi connectivity index (χ3v) is 2.12. The second kappa shape index (κ2) is 4.58. The van der Waals surface area contributed by atoms with Crippen LogP contribution in [0.4, 0.5) is 0 Å². The number of benzene rings is 1. The van der Waals surface area contributed by atoms with E-state index in [1.165, 1.54) is 0 Å². The molecule has 1 rings (SSSR count). The smallest absolute Gasteiger partial charge is 0.120 e. The van der Waals surface area contributed by atoms with E-state index in [2.05, 4.69) is 0 Å². The van der Waals surface area contributed by atoms with Crippen molar-refractivity contribution in [3.63, 3.8) is 0 Å². The van der Waals surface area contributed by atoms with Crippen LogP contribution in [0.15, 0.2) is 18.2 Å². The highest BCUT2D eigenvalue weighted by Crippen LogP contribution is 2.23. The number of hydrogen-bond acceptors (Lipinski definition) is 1. The zero-order valence-corrected chi connectivity index (χ0v) is 8.32. The Morgan fingerprint density at radius 3 is 2.67 bits per heavy atom. The van der Waals surface area contributed by atoms with Crippen LogP contribution in [0.3, 0.4) is 0 Å². The molecule has 1 nitrogen and oxygen atoms in total. The van der Waals surface area contributed by atoms with E-state index >= 15 is 0 Å². The van der Waals surface area contributed by atoms with E-state index in [-0.39, 0.29) is 0 Å². The summed E-state index contributed by atoms with van der Waals surface area (Å²) in [5.41, 5.74) is 0.932. The lowest BCUT2D eigenvalue weighted by atomic mass is 10.2. The Kier molecular flexibility index (Phi) is 3.70. The van der Waals surface area contributed by atoms with Crippen LogP contribution in [0.5, 0.6) is 5.75 Å². The van der Waals surface area contributed by atoms with Crippen LogP contribution in [0.1, 0.15) is 12.5 Å². The van der Waals surface area contributed by atoms with Crippen molar-refractivity contribution < 1.29 is 4.74 Å². The Hall–Kier alpha value is -0.400. The monoisotopic (exact) mass is 204 g/mol. The van der Waals surface area contributed by atoms with Gasteiger partial charge in [0.25, 0.3) is 0 Å². The van der Waals surface area contributed by atoms with E-state index in [0.717, 1.165) is 11.3 Å². The average Bonchev–Trinajstić information content (AvgIpc) is 2.05. The van der Waals surface area contributed by atoms with Gasteiger partial charge in [0.15, 0.2) is 0 Å². The van der Waals surface area contributed by atoms with Crippen molar-refractivity contribution in [1.29, 1.82) is 0 Å². The largest absolute Gasteiger partial charge is 0.494 e. The lowest BCUT2D eigenvalue weighted by Gasteiger charge is -2.04. The maximum Gasteiger partial charge on any atom is 0.120 e. The topological polar surface area (TPSA) is 9.23 Å². The molecule has 0 aliphatic rings. The maximum atomic E-state index is 5.90. The van der Waals surface area contributed by atoms with E-state index in [4.69, 9.17) is 27.9 Å². The number of halogens is 2.